The maximum absolute atomic E-state index is 13.3. The third-order valence-corrected chi connectivity index (χ3v) is 7.20. The first-order valence-corrected chi connectivity index (χ1v) is 13.3. The van der Waals surface area contributed by atoms with Gasteiger partial charge in [-0.2, -0.15) is 5.10 Å². The summed E-state index contributed by atoms with van der Waals surface area (Å²) in [5.74, 6) is -0.0362. The van der Waals surface area contributed by atoms with Crippen molar-refractivity contribution in [3.05, 3.63) is 116 Å². The number of H-pyrrole nitrogens is 1. The summed E-state index contributed by atoms with van der Waals surface area (Å²) >= 11 is 8.73. The van der Waals surface area contributed by atoms with Crippen LogP contribution in [0.2, 0.25) is 5.02 Å². The number of fused-ring (bicyclic) bond motifs is 1. The van der Waals surface area contributed by atoms with Crippen molar-refractivity contribution in [1.29, 1.82) is 0 Å². The van der Waals surface area contributed by atoms with Gasteiger partial charge in [0.1, 0.15) is 17.2 Å². The van der Waals surface area contributed by atoms with Gasteiger partial charge in [-0.05, 0) is 71.1 Å². The van der Waals surface area contributed by atoms with Gasteiger partial charge in [0.25, 0.3) is 5.91 Å². The number of hydrogen-bond acceptors (Lipinski definition) is 5. The zero-order valence-corrected chi connectivity index (χ0v) is 23.5. The van der Waals surface area contributed by atoms with Crippen molar-refractivity contribution in [2.75, 3.05) is 7.11 Å². The molecule has 39 heavy (non-hydrogen) atoms. The van der Waals surface area contributed by atoms with Crippen LogP contribution in [0.15, 0.2) is 96.1 Å². The average molecular weight is 650 g/mol. The number of benzene rings is 4. The number of hydrogen-bond donors (Lipinski definition) is 2. The molecule has 1 heterocycles. The predicted octanol–water partition coefficient (Wildman–Crippen LogP) is 7.08. The molecule has 0 spiro atoms. The first-order chi connectivity index (χ1) is 19.0. The third kappa shape index (κ3) is 5.67. The number of carbonyl (C=O) groups is 2. The number of aromatic amines is 1. The Balaban J connectivity index is 1.39. The Morgan fingerprint density at radius 1 is 0.949 bits per heavy atom. The number of hydrazone groups is 1. The SMILES string of the molecule is COc1ccc(C(=O)Oc2ccccc2C=NNC(=O)c2[nH]c3c(I)cccc3c2-c2ccccc2Cl)cc1. The van der Waals surface area contributed by atoms with Crippen LogP contribution in [-0.2, 0) is 0 Å². The van der Waals surface area contributed by atoms with Crippen molar-refractivity contribution in [2.45, 2.75) is 0 Å². The number of amides is 1. The molecule has 0 radical (unpaired) electrons. The van der Waals surface area contributed by atoms with E-state index in [1.54, 1.807) is 61.7 Å². The Morgan fingerprint density at radius 2 is 1.69 bits per heavy atom. The molecule has 0 atom stereocenters. The first kappa shape index (κ1) is 26.5. The van der Waals surface area contributed by atoms with E-state index >= 15 is 0 Å². The molecule has 0 unspecified atom stereocenters. The fourth-order valence-electron chi connectivity index (χ4n) is 4.08. The quantitative estimate of drug-likeness (QED) is 0.0648. The minimum absolute atomic E-state index is 0.299. The number of halogens is 2. The molecular formula is C30H21ClIN3O4. The van der Waals surface area contributed by atoms with E-state index in [-0.39, 0.29) is 0 Å². The second-order valence-corrected chi connectivity index (χ2v) is 9.94. The topological polar surface area (TPSA) is 92.8 Å². The molecule has 194 valence electrons. The van der Waals surface area contributed by atoms with Crippen LogP contribution in [0, 0.1) is 3.57 Å². The summed E-state index contributed by atoms with van der Waals surface area (Å²) in [6.07, 6.45) is 1.43. The van der Waals surface area contributed by atoms with E-state index in [0.717, 1.165) is 20.0 Å². The maximum atomic E-state index is 13.3. The molecule has 1 aromatic heterocycles. The Hall–Kier alpha value is -4.15. The molecule has 0 saturated carbocycles. The van der Waals surface area contributed by atoms with Gasteiger partial charge >= 0.3 is 5.97 Å². The molecule has 9 heteroatoms. The van der Waals surface area contributed by atoms with Crippen LogP contribution in [0.5, 0.6) is 11.5 Å². The summed E-state index contributed by atoms with van der Waals surface area (Å²) in [4.78, 5) is 29.2. The average Bonchev–Trinajstić information content (AvgIpc) is 3.35. The van der Waals surface area contributed by atoms with Gasteiger partial charge in [-0.1, -0.05) is 54.1 Å². The lowest BCUT2D eigenvalue weighted by molar-refractivity contribution is 0.0734. The minimum Gasteiger partial charge on any atom is -0.497 e. The standard InChI is InChI=1S/C30H21ClIN3O4/c1-38-20-15-13-18(14-16-20)30(37)39-25-12-5-2-7-19(25)17-33-35-29(36)28-26(21-8-3-4-10-23(21)31)22-9-6-11-24(32)27(22)34-28/h2-17,34H,1H3,(H,35,36). The zero-order valence-electron chi connectivity index (χ0n) is 20.6. The number of para-hydroxylation sites is 2. The van der Waals surface area contributed by atoms with E-state index in [1.165, 1.54) is 6.21 Å². The molecule has 0 bridgehead atoms. The van der Waals surface area contributed by atoms with Gasteiger partial charge in [-0.3, -0.25) is 4.79 Å². The predicted molar refractivity (Wildman–Crippen MR) is 161 cm³/mol. The number of nitrogens with zero attached hydrogens (tertiary/aromatic N) is 1. The lowest BCUT2D eigenvalue weighted by Crippen LogP contribution is -2.19. The first-order valence-electron chi connectivity index (χ1n) is 11.8. The molecule has 5 aromatic rings. The van der Waals surface area contributed by atoms with Crippen molar-refractivity contribution in [3.63, 3.8) is 0 Å². The Kier molecular flexibility index (Phi) is 7.94. The smallest absolute Gasteiger partial charge is 0.343 e. The van der Waals surface area contributed by atoms with E-state index in [0.29, 0.717) is 38.9 Å². The highest BCUT2D eigenvalue weighted by Gasteiger charge is 2.21. The van der Waals surface area contributed by atoms with Crippen LogP contribution >= 0.6 is 34.2 Å². The largest absolute Gasteiger partial charge is 0.497 e. The zero-order chi connectivity index (χ0) is 27.4. The molecule has 0 aliphatic rings. The van der Waals surface area contributed by atoms with E-state index in [4.69, 9.17) is 21.1 Å². The third-order valence-electron chi connectivity index (χ3n) is 5.97. The number of carbonyl (C=O) groups excluding carboxylic acids is 2. The van der Waals surface area contributed by atoms with Gasteiger partial charge < -0.3 is 14.5 Å². The minimum atomic E-state index is -0.528. The second kappa shape index (κ2) is 11.7. The highest BCUT2D eigenvalue weighted by atomic mass is 127. The van der Waals surface area contributed by atoms with Crippen molar-refractivity contribution < 1.29 is 19.1 Å². The molecule has 7 nitrogen and oxygen atoms in total. The summed E-state index contributed by atoms with van der Waals surface area (Å²) in [5.41, 5.74) is 6.05. The molecule has 5 rings (SSSR count). The van der Waals surface area contributed by atoms with Crippen molar-refractivity contribution in [3.8, 4) is 22.6 Å². The van der Waals surface area contributed by atoms with Crippen LogP contribution in [0.4, 0.5) is 0 Å². The number of methoxy groups -OCH3 is 1. The summed E-state index contributed by atoms with van der Waals surface area (Å²) in [5, 5.41) is 5.55. The lowest BCUT2D eigenvalue weighted by atomic mass is 10.0. The molecule has 0 aliphatic carbocycles. The Morgan fingerprint density at radius 3 is 2.46 bits per heavy atom. The Bertz CT molecular complexity index is 1710. The van der Waals surface area contributed by atoms with E-state index in [2.05, 4.69) is 38.1 Å². The van der Waals surface area contributed by atoms with Crippen LogP contribution in [0.25, 0.3) is 22.0 Å². The molecule has 0 saturated heterocycles. The molecule has 4 aromatic carbocycles. The molecule has 0 fully saturated rings. The van der Waals surface area contributed by atoms with Crippen LogP contribution in [0.3, 0.4) is 0 Å². The van der Waals surface area contributed by atoms with Gasteiger partial charge in [0.15, 0.2) is 0 Å². The van der Waals surface area contributed by atoms with Gasteiger partial charge in [-0.15, -0.1) is 0 Å². The lowest BCUT2D eigenvalue weighted by Gasteiger charge is -2.08. The molecule has 1 amide bonds. The number of nitrogens with one attached hydrogen (secondary N) is 2. The summed E-state index contributed by atoms with van der Waals surface area (Å²) in [6, 6.07) is 26.7. The van der Waals surface area contributed by atoms with Gasteiger partial charge in [0, 0.05) is 30.7 Å². The van der Waals surface area contributed by atoms with Crippen LogP contribution in [0.1, 0.15) is 26.4 Å². The Labute approximate surface area is 242 Å². The second-order valence-electron chi connectivity index (χ2n) is 8.37. The van der Waals surface area contributed by atoms with E-state index in [1.807, 2.05) is 36.4 Å². The molecular weight excluding hydrogens is 629 g/mol. The summed E-state index contributed by atoms with van der Waals surface area (Å²) < 4.78 is 11.7. The fraction of sp³-hybridized carbons (Fsp3) is 0.0333. The fourth-order valence-corrected chi connectivity index (χ4v) is 4.94. The van der Waals surface area contributed by atoms with Crippen LogP contribution < -0.4 is 14.9 Å². The highest BCUT2D eigenvalue weighted by molar-refractivity contribution is 14.1. The number of rotatable bonds is 7. The van der Waals surface area contributed by atoms with Crippen LogP contribution in [-0.4, -0.2) is 30.2 Å². The van der Waals surface area contributed by atoms with Crippen molar-refractivity contribution >= 4 is 63.2 Å². The van der Waals surface area contributed by atoms with Gasteiger partial charge in [-0.25, -0.2) is 10.2 Å². The van der Waals surface area contributed by atoms with Crippen molar-refractivity contribution in [2.24, 2.45) is 5.10 Å². The number of esters is 1. The molecule has 0 aliphatic heterocycles. The summed E-state index contributed by atoms with van der Waals surface area (Å²) in [7, 11) is 1.55. The van der Waals surface area contributed by atoms with Gasteiger partial charge in [0.2, 0.25) is 0 Å². The van der Waals surface area contributed by atoms with E-state index in [9.17, 15) is 9.59 Å². The van der Waals surface area contributed by atoms with Crippen molar-refractivity contribution in [1.82, 2.24) is 10.4 Å². The summed E-state index contributed by atoms with van der Waals surface area (Å²) in [6.45, 7) is 0. The molecule has 2 N–H and O–H groups in total. The monoisotopic (exact) mass is 649 g/mol. The normalized spacial score (nSPS) is 11.1. The van der Waals surface area contributed by atoms with E-state index < -0.39 is 11.9 Å². The highest BCUT2D eigenvalue weighted by Crippen LogP contribution is 2.37. The maximum Gasteiger partial charge on any atom is 0.343 e. The van der Waals surface area contributed by atoms with Gasteiger partial charge in [0.05, 0.1) is 24.4 Å². The number of ether oxygens (including phenoxy) is 2. The number of aromatic nitrogens is 1.